The molecule has 0 saturated carbocycles. The normalized spacial score (nSPS) is 11.1. The average Bonchev–Trinajstić information content (AvgIpc) is 2.61. The number of benzene rings is 2. The van der Waals surface area contributed by atoms with Crippen molar-refractivity contribution in [1.29, 1.82) is 0 Å². The van der Waals surface area contributed by atoms with Crippen molar-refractivity contribution in [2.24, 2.45) is 5.41 Å². The Morgan fingerprint density at radius 2 is 1.81 bits per heavy atom. The average molecular weight is 356 g/mol. The zero-order valence-electron chi connectivity index (χ0n) is 15.7. The Bertz CT molecular complexity index is 802. The molecule has 1 N–H and O–H groups in total. The van der Waals surface area contributed by atoms with Crippen LogP contribution in [0.2, 0.25) is 0 Å². The highest BCUT2D eigenvalue weighted by Crippen LogP contribution is 2.25. The van der Waals surface area contributed by atoms with Crippen LogP contribution in [-0.4, -0.2) is 18.4 Å². The summed E-state index contributed by atoms with van der Waals surface area (Å²) in [4.78, 5) is 27.2. The van der Waals surface area contributed by atoms with E-state index in [1.165, 1.54) is 6.07 Å². The third-order valence-electron chi connectivity index (χ3n) is 4.37. The van der Waals surface area contributed by atoms with Crippen LogP contribution in [0.5, 0.6) is 0 Å². The molecule has 0 aliphatic carbocycles. The van der Waals surface area contributed by atoms with Crippen LogP contribution >= 0.6 is 0 Å². The number of amides is 2. The summed E-state index contributed by atoms with van der Waals surface area (Å²) in [6, 6.07) is 13.8. The van der Waals surface area contributed by atoms with Crippen LogP contribution < -0.4 is 10.2 Å². The number of carbonyl (C=O) groups excluding carboxylic acids is 2. The highest BCUT2D eigenvalue weighted by atomic mass is 19.1. The Kier molecular flexibility index (Phi) is 6.14. The van der Waals surface area contributed by atoms with Gasteiger partial charge in [0, 0.05) is 24.3 Å². The first-order chi connectivity index (χ1) is 12.3. The Morgan fingerprint density at radius 1 is 1.12 bits per heavy atom. The summed E-state index contributed by atoms with van der Waals surface area (Å²) in [6.45, 7) is 7.49. The molecule has 0 heterocycles. The lowest BCUT2D eigenvalue weighted by Crippen LogP contribution is -2.49. The number of aryl methyl sites for hydroxylation is 1. The second kappa shape index (κ2) is 8.13. The van der Waals surface area contributed by atoms with Crippen LogP contribution in [0.15, 0.2) is 48.5 Å². The molecule has 0 aromatic heterocycles. The van der Waals surface area contributed by atoms with Gasteiger partial charge in [0.1, 0.15) is 11.2 Å². The quantitative estimate of drug-likeness (QED) is 0.800. The van der Waals surface area contributed by atoms with Crippen molar-refractivity contribution >= 4 is 17.5 Å². The van der Waals surface area contributed by atoms with Gasteiger partial charge in [0.15, 0.2) is 0 Å². The minimum atomic E-state index is -1.27. The highest BCUT2D eigenvalue weighted by molar-refractivity contribution is 6.11. The van der Waals surface area contributed by atoms with Crippen molar-refractivity contribution in [2.75, 3.05) is 11.4 Å². The molecule has 26 heavy (non-hydrogen) atoms. The topological polar surface area (TPSA) is 49.4 Å². The molecule has 0 aliphatic heterocycles. The van der Waals surface area contributed by atoms with Crippen LogP contribution in [0.3, 0.4) is 0 Å². The summed E-state index contributed by atoms with van der Waals surface area (Å²) in [5, 5.41) is 2.68. The molecule has 0 saturated heterocycles. The van der Waals surface area contributed by atoms with E-state index in [1.807, 2.05) is 38.1 Å². The van der Waals surface area contributed by atoms with Gasteiger partial charge in [-0.1, -0.05) is 30.3 Å². The van der Waals surface area contributed by atoms with Crippen molar-refractivity contribution in [3.05, 3.63) is 65.5 Å². The fourth-order valence-corrected chi connectivity index (χ4v) is 2.71. The summed E-state index contributed by atoms with van der Waals surface area (Å²) in [7, 11) is 0. The standard InChI is InChI=1S/C21H25FN2O2/c1-5-24(17-11-8-9-15(2)13-17)20(26)21(3,4)19(25)23-14-16-10-6-7-12-18(16)22/h6-13H,5,14H2,1-4H3,(H,23,25). The number of nitrogens with one attached hydrogen (secondary N) is 1. The molecule has 4 nitrogen and oxygen atoms in total. The van der Waals surface area contributed by atoms with Crippen LogP contribution in [-0.2, 0) is 16.1 Å². The lowest BCUT2D eigenvalue weighted by atomic mass is 9.89. The number of anilines is 1. The molecule has 0 aliphatic rings. The minimum Gasteiger partial charge on any atom is -0.351 e. The summed E-state index contributed by atoms with van der Waals surface area (Å²) in [5.74, 6) is -1.11. The molecular weight excluding hydrogens is 331 g/mol. The third-order valence-corrected chi connectivity index (χ3v) is 4.37. The maximum absolute atomic E-state index is 13.7. The molecule has 0 bridgehead atoms. The number of nitrogens with zero attached hydrogens (tertiary/aromatic N) is 1. The lowest BCUT2D eigenvalue weighted by Gasteiger charge is -2.30. The maximum Gasteiger partial charge on any atom is 0.242 e. The van der Waals surface area contributed by atoms with Gasteiger partial charge in [0.25, 0.3) is 0 Å². The van der Waals surface area contributed by atoms with E-state index in [0.29, 0.717) is 12.1 Å². The third kappa shape index (κ3) is 4.28. The Labute approximate surface area is 154 Å². The van der Waals surface area contributed by atoms with E-state index in [0.717, 1.165) is 11.3 Å². The van der Waals surface area contributed by atoms with E-state index in [2.05, 4.69) is 5.32 Å². The second-order valence-corrected chi connectivity index (χ2v) is 6.79. The molecule has 0 fully saturated rings. The van der Waals surface area contributed by atoms with Gasteiger partial charge >= 0.3 is 0 Å². The monoisotopic (exact) mass is 356 g/mol. The van der Waals surface area contributed by atoms with Crippen LogP contribution in [0.25, 0.3) is 0 Å². The first-order valence-electron chi connectivity index (χ1n) is 8.67. The van der Waals surface area contributed by atoms with E-state index in [9.17, 15) is 14.0 Å². The van der Waals surface area contributed by atoms with Crippen molar-refractivity contribution in [1.82, 2.24) is 5.32 Å². The Morgan fingerprint density at radius 3 is 2.42 bits per heavy atom. The molecule has 138 valence electrons. The molecule has 0 unspecified atom stereocenters. The fraction of sp³-hybridized carbons (Fsp3) is 0.333. The second-order valence-electron chi connectivity index (χ2n) is 6.79. The van der Waals surface area contributed by atoms with E-state index in [1.54, 1.807) is 36.9 Å². The predicted octanol–water partition coefficient (Wildman–Crippen LogP) is 3.83. The summed E-state index contributed by atoms with van der Waals surface area (Å²) >= 11 is 0. The van der Waals surface area contributed by atoms with E-state index in [4.69, 9.17) is 0 Å². The number of hydrogen-bond donors (Lipinski definition) is 1. The van der Waals surface area contributed by atoms with E-state index in [-0.39, 0.29) is 18.3 Å². The van der Waals surface area contributed by atoms with Gasteiger partial charge in [-0.3, -0.25) is 9.59 Å². The van der Waals surface area contributed by atoms with E-state index < -0.39 is 11.3 Å². The SMILES string of the molecule is CCN(C(=O)C(C)(C)C(=O)NCc1ccccc1F)c1cccc(C)c1. The van der Waals surface area contributed by atoms with Gasteiger partial charge in [-0.25, -0.2) is 4.39 Å². The van der Waals surface area contributed by atoms with Gasteiger partial charge in [0.2, 0.25) is 11.8 Å². The molecule has 0 radical (unpaired) electrons. The maximum atomic E-state index is 13.7. The Balaban J connectivity index is 2.14. The summed E-state index contributed by atoms with van der Waals surface area (Å²) in [5.41, 5.74) is 0.906. The zero-order chi connectivity index (χ0) is 19.3. The van der Waals surface area contributed by atoms with Gasteiger partial charge in [0.05, 0.1) is 0 Å². The molecular formula is C21H25FN2O2. The van der Waals surface area contributed by atoms with Crippen molar-refractivity contribution in [3.63, 3.8) is 0 Å². The fourth-order valence-electron chi connectivity index (χ4n) is 2.71. The van der Waals surface area contributed by atoms with Crippen molar-refractivity contribution in [3.8, 4) is 0 Å². The Hall–Kier alpha value is -2.69. The lowest BCUT2D eigenvalue weighted by molar-refractivity contribution is -0.139. The van der Waals surface area contributed by atoms with Crippen LogP contribution in [0, 0.1) is 18.2 Å². The minimum absolute atomic E-state index is 0.0405. The van der Waals surface area contributed by atoms with Gasteiger partial charge in [-0.05, 0) is 51.5 Å². The first-order valence-corrected chi connectivity index (χ1v) is 8.67. The van der Waals surface area contributed by atoms with Crippen LogP contribution in [0.1, 0.15) is 31.9 Å². The highest BCUT2D eigenvalue weighted by Gasteiger charge is 2.39. The molecule has 0 atom stereocenters. The first kappa shape index (κ1) is 19.6. The zero-order valence-corrected chi connectivity index (χ0v) is 15.7. The molecule has 2 aromatic carbocycles. The summed E-state index contributed by atoms with van der Waals surface area (Å²) < 4.78 is 13.7. The number of hydrogen-bond acceptors (Lipinski definition) is 2. The molecule has 2 amide bonds. The summed E-state index contributed by atoms with van der Waals surface area (Å²) in [6.07, 6.45) is 0. The number of rotatable bonds is 6. The molecule has 2 aromatic rings. The smallest absolute Gasteiger partial charge is 0.242 e. The van der Waals surface area contributed by atoms with Crippen molar-refractivity contribution in [2.45, 2.75) is 34.2 Å². The van der Waals surface area contributed by atoms with Gasteiger partial charge in [-0.2, -0.15) is 0 Å². The van der Waals surface area contributed by atoms with Crippen LogP contribution in [0.4, 0.5) is 10.1 Å². The van der Waals surface area contributed by atoms with Crippen molar-refractivity contribution < 1.29 is 14.0 Å². The number of carbonyl (C=O) groups is 2. The van der Waals surface area contributed by atoms with Gasteiger partial charge < -0.3 is 10.2 Å². The predicted molar refractivity (Wildman–Crippen MR) is 101 cm³/mol. The molecule has 0 spiro atoms. The van der Waals surface area contributed by atoms with E-state index >= 15 is 0 Å². The molecule has 5 heteroatoms. The number of halogens is 1. The largest absolute Gasteiger partial charge is 0.351 e. The van der Waals surface area contributed by atoms with Gasteiger partial charge in [-0.15, -0.1) is 0 Å². The molecule has 2 rings (SSSR count).